The maximum absolute atomic E-state index is 12.4. The Kier molecular flexibility index (Phi) is 42.1. The number of rotatable bonds is 6. The molecule has 19 rings (SSSR count). The predicted molar refractivity (Wildman–Crippen MR) is 556 cm³/mol. The van der Waals surface area contributed by atoms with Crippen LogP contribution in [0.15, 0.2) is 14.6 Å². The molecule has 43 heteroatoms. The fourth-order valence-corrected chi connectivity index (χ4v) is 22.7. The summed E-state index contributed by atoms with van der Waals surface area (Å²) in [5.74, 6) is 4.05. The van der Waals surface area contributed by atoms with Gasteiger partial charge in [0.05, 0.1) is 56.1 Å². The van der Waals surface area contributed by atoms with Crippen LogP contribution in [-0.2, 0) is 83.3 Å². The molecule has 0 bridgehead atoms. The number of amides is 2. The number of ketones is 2. The largest absolute Gasteiger partial charge is 1.00 e. The van der Waals surface area contributed by atoms with E-state index in [-0.39, 0.29) is 121 Å². The molecule has 6 aliphatic carbocycles. The van der Waals surface area contributed by atoms with E-state index in [4.69, 9.17) is 91.1 Å². The van der Waals surface area contributed by atoms with Crippen LogP contribution in [0.4, 0.5) is 44.2 Å². The first-order valence-electron chi connectivity index (χ1n) is 46.2. The summed E-state index contributed by atoms with van der Waals surface area (Å²) in [5, 5.41) is 72.3. The van der Waals surface area contributed by atoms with E-state index in [1.165, 1.54) is 108 Å². The molecule has 734 valence electrons. The van der Waals surface area contributed by atoms with Gasteiger partial charge in [-0.1, -0.05) is 30.2 Å². The Morgan fingerprint density at radius 3 is 1.33 bits per heavy atom. The number of pyridine rings is 5. The van der Waals surface area contributed by atoms with Gasteiger partial charge in [0.2, 0.25) is 0 Å². The molecule has 11 aromatic heterocycles. The average molecular weight is 2070 g/mol. The number of aryl methyl sites for hydroxylation is 4. The van der Waals surface area contributed by atoms with E-state index in [1.807, 2.05) is 69.7 Å². The monoisotopic (exact) mass is 2070 g/mol. The molecule has 11 aromatic rings. The smallest absolute Gasteiger partial charge is 0.870 e. The number of nitrogens with one attached hydrogen (secondary N) is 2. The van der Waals surface area contributed by atoms with E-state index in [2.05, 4.69) is 118 Å². The number of halogens is 2. The van der Waals surface area contributed by atoms with Crippen LogP contribution >= 0.6 is 93.4 Å². The number of piperazine rings is 1. The molecule has 3 fully saturated rings. The first-order valence-corrected chi connectivity index (χ1v) is 51.2. The number of carbonyl (C=O) groups excluding carboxylic acids is 4. The number of piperidine rings is 1. The third kappa shape index (κ3) is 28.0. The molecule has 0 spiro atoms. The minimum absolute atomic E-state index is 0. The normalized spacial score (nSPS) is 15.5. The van der Waals surface area contributed by atoms with Gasteiger partial charge in [-0.15, -0.1) is 90.0 Å². The Morgan fingerprint density at radius 2 is 0.906 bits per heavy atom. The maximum Gasteiger partial charge on any atom is 1.00 e. The first kappa shape index (κ1) is 113. The maximum atomic E-state index is 12.4. The van der Waals surface area contributed by atoms with Gasteiger partial charge in [-0.3, -0.25) is 19.2 Å². The summed E-state index contributed by atoms with van der Waals surface area (Å²) in [7, 11) is 12.3. The SMILES string of the molecule is CC(=O)C1CCCCC1=O.CC(C)(C)OC(=O)N1CCCCC1.CN(C)c1nc2sc(C#N)c(N)c2c2c1CCCC2.CN(C)c1nc2sc3c(Cl)nnnc3c2c2c1CCCC2.CN(C)c1nc2sc3c(N4CCN(C(=O)OC(C)(C)C)CC4)nnnc3c2c2c1CCCC2.N#CCC(N)=S.N#CCCl.N#Cc1c(S)[nH]c(=O)c2c1CCCC2.N#Cc1sc2[nH]c(=O)c3c(c2c1N)CCCC3.[K+].[OH-]. The number of thiophene rings is 4. The summed E-state index contributed by atoms with van der Waals surface area (Å²) in [5.41, 5.74) is 31.2. The Morgan fingerprint density at radius 1 is 0.511 bits per heavy atom. The van der Waals surface area contributed by atoms with Gasteiger partial charge in [0, 0.05) is 121 Å². The molecular weight excluding hydrogens is 1950 g/mol. The Bertz CT molecular complexity index is 6670. The average Bonchev–Trinajstić information content (AvgIpc) is 1.59. The minimum atomic E-state index is -0.494. The molecule has 2 amide bonds. The number of nitrogens with zero attached hydrogens (tertiary/aromatic N) is 20. The van der Waals surface area contributed by atoms with Gasteiger partial charge in [0.1, 0.15) is 109 Å². The topological polar surface area (TPSA) is 515 Å². The number of Topliss-reactive ketones (excluding diaryl/α,β-unsaturated/α-hetero) is 2. The molecule has 34 nitrogen and oxygen atoms in total. The zero-order valence-corrected chi connectivity index (χ0v) is 91.1. The molecule has 13 heterocycles. The van der Waals surface area contributed by atoms with Crippen molar-refractivity contribution in [1.82, 2.24) is 65.5 Å². The van der Waals surface area contributed by atoms with Crippen LogP contribution in [-0.4, -0.2) is 198 Å². The second-order valence-corrected chi connectivity index (χ2v) is 42.5. The number of hydrogen-bond donors (Lipinski definition) is 6. The number of thiocarbonyl (C=S) groups is 1. The van der Waals surface area contributed by atoms with Crippen molar-refractivity contribution >= 4 is 218 Å². The molecule has 0 aromatic carbocycles. The van der Waals surface area contributed by atoms with Crippen molar-refractivity contribution in [3.05, 3.63) is 96.8 Å². The van der Waals surface area contributed by atoms with Crippen LogP contribution in [0.1, 0.15) is 235 Å². The van der Waals surface area contributed by atoms with E-state index >= 15 is 0 Å². The van der Waals surface area contributed by atoms with Crippen molar-refractivity contribution in [1.29, 1.82) is 26.3 Å². The number of thiol groups is 1. The number of nitriles is 5. The van der Waals surface area contributed by atoms with Gasteiger partial charge in [0.25, 0.3) is 11.1 Å². The number of aromatic amines is 2. The first-order chi connectivity index (χ1) is 65.4. The van der Waals surface area contributed by atoms with Crippen molar-refractivity contribution in [3.8, 4) is 30.3 Å². The standard InChI is InChI=1S/C23H31N7O2S.C14H14ClN5S.C14H16N4S.C12H11N3OS.C10H10N2OS.C10H19NO2.C8H12O2.C3H4N2S.C2H2ClN.K.H2O/c1-23(2,3)32-22(31)30-12-10-29(11-13-30)20-18-17(25-27-26-20)16-14-8-6-7-9-15(14)19(28(4)5)24-21(16)33-18;1-20(2)13-8-6-4-3-5-7(8)9-10-11(21-14(9)16-13)12(15)18-19-17-10;1-18(2)13-9-6-4-3-5-8(9)11-12(16)10(7-15)19-14(11)17-13;13-5-8-10(14)9-6-3-1-2-4-7(6)11(16)15-12(9)17-8;11-5-8-6-3-1-2-4-7(6)9(13)12-10(8)14;1-10(2,3)13-9(12)11-7-5-4-6-8-11;1-6(9)7-4-2-3-5-8(7)10;4-2-1-3(5)6;3-1-2-4;;/h6-13H2,1-5H3;3-6H2,1-2H3;3-6,16H2,1-2H3;1-4,14H2,(H,15,16);1-4H2,(H2,12,13,14);4-8H2,1-3H3;7H,2-5H2,1H3;1H2,(H2,5,6);1H2;;1H2/q;;;;;;;;;+1;/p-1. The number of alkyl halides is 1. The number of carbonyl (C=O) groups is 4. The van der Waals surface area contributed by atoms with Crippen molar-refractivity contribution in [2.75, 3.05) is 119 Å². The van der Waals surface area contributed by atoms with E-state index in [0.717, 1.165) is 242 Å². The van der Waals surface area contributed by atoms with Gasteiger partial charge in [-0.05, 0) is 264 Å². The summed E-state index contributed by atoms with van der Waals surface area (Å²) < 4.78 is 12.7. The van der Waals surface area contributed by atoms with Crippen LogP contribution in [0.2, 0.25) is 5.15 Å². The quantitative estimate of drug-likeness (QED) is 0.0296. The van der Waals surface area contributed by atoms with Crippen LogP contribution in [0.25, 0.3) is 61.3 Å². The second-order valence-electron chi connectivity index (χ2n) is 36.9. The van der Waals surface area contributed by atoms with Gasteiger partial charge < -0.3 is 71.5 Å². The summed E-state index contributed by atoms with van der Waals surface area (Å²) in [6, 6.07) is 9.86. The summed E-state index contributed by atoms with van der Waals surface area (Å²) in [6.07, 6.45) is 27.8. The number of fused-ring (bicyclic) bond motifs is 17. The van der Waals surface area contributed by atoms with Crippen LogP contribution in [0.5, 0.6) is 0 Å². The zero-order chi connectivity index (χ0) is 99.4. The molecule has 1 atom stereocenters. The summed E-state index contributed by atoms with van der Waals surface area (Å²) >= 11 is 25.3. The fourth-order valence-electron chi connectivity index (χ4n) is 18.1. The summed E-state index contributed by atoms with van der Waals surface area (Å²) in [4.78, 5) is 106. The van der Waals surface area contributed by atoms with E-state index in [9.17, 15) is 28.8 Å². The molecule has 2 aliphatic heterocycles. The van der Waals surface area contributed by atoms with Crippen molar-refractivity contribution in [3.63, 3.8) is 0 Å². The molecular formula is C96H120Cl2KN25O9S6. The number of nitrogens with two attached hydrogens (primary N) is 3. The molecule has 1 unspecified atom stereocenters. The Labute approximate surface area is 888 Å². The Balaban J connectivity index is 0.000000183. The predicted octanol–water partition coefficient (Wildman–Crippen LogP) is 14.4. The van der Waals surface area contributed by atoms with E-state index < -0.39 is 5.60 Å². The van der Waals surface area contributed by atoms with Gasteiger partial charge in [-0.2, -0.15) is 26.3 Å². The van der Waals surface area contributed by atoms with E-state index in [1.54, 1.807) is 44.6 Å². The number of ether oxygens (including phenoxy) is 2. The van der Waals surface area contributed by atoms with Crippen molar-refractivity contribution in [2.45, 2.75) is 244 Å². The molecule has 2 saturated heterocycles. The summed E-state index contributed by atoms with van der Waals surface area (Å²) in [6.45, 7) is 17.1. The molecule has 8 aliphatic rings. The number of anilines is 6. The second kappa shape index (κ2) is 51.8. The van der Waals surface area contributed by atoms with Crippen molar-refractivity contribution in [2.24, 2.45) is 11.7 Å². The zero-order valence-electron chi connectivity index (χ0n) is 81.5. The number of likely N-dealkylation sites (tertiary alicyclic amines) is 1. The number of aromatic nitrogens is 11. The minimum Gasteiger partial charge on any atom is -0.870 e. The molecule has 9 N–H and O–H groups in total. The number of hydrogen-bond acceptors (Lipinski definition) is 35. The van der Waals surface area contributed by atoms with Crippen molar-refractivity contribution < 1.29 is 85.5 Å². The molecule has 0 radical (unpaired) electrons. The number of H-pyrrole nitrogens is 2. The third-order valence-electron chi connectivity index (χ3n) is 24.3. The third-order valence-corrected chi connectivity index (χ3v) is 29.4. The van der Waals surface area contributed by atoms with Crippen LogP contribution in [0, 0.1) is 62.6 Å². The van der Waals surface area contributed by atoms with Gasteiger partial charge in [-0.25, -0.2) is 24.5 Å². The van der Waals surface area contributed by atoms with Gasteiger partial charge >= 0.3 is 63.6 Å². The van der Waals surface area contributed by atoms with Crippen LogP contribution < -0.4 is 99.3 Å². The molecule has 139 heavy (non-hydrogen) atoms. The number of nitrogen functional groups attached to an aromatic ring is 2. The Hall–Kier alpha value is -9.72. The van der Waals surface area contributed by atoms with Crippen LogP contribution in [0.3, 0.4) is 0 Å². The van der Waals surface area contributed by atoms with E-state index in [0.29, 0.717) is 69.5 Å². The molecule has 1 saturated carbocycles. The van der Waals surface area contributed by atoms with Gasteiger partial charge in [0.15, 0.2) is 11.0 Å². The fraction of sp³-hybridized carbons (Fsp3) is 0.531.